The number of benzene rings is 1. The van der Waals surface area contributed by atoms with Gasteiger partial charge in [-0.05, 0) is 36.6 Å². The molecule has 2 aliphatic rings. The van der Waals surface area contributed by atoms with Gasteiger partial charge in [-0.3, -0.25) is 9.59 Å². The van der Waals surface area contributed by atoms with E-state index in [4.69, 9.17) is 4.42 Å². The van der Waals surface area contributed by atoms with Crippen molar-refractivity contribution in [2.45, 2.75) is 24.4 Å². The van der Waals surface area contributed by atoms with Crippen molar-refractivity contribution in [1.82, 2.24) is 5.32 Å². The van der Waals surface area contributed by atoms with Crippen LogP contribution in [0.5, 0.6) is 0 Å². The van der Waals surface area contributed by atoms with Crippen molar-refractivity contribution in [3.8, 4) is 0 Å². The third-order valence-corrected chi connectivity index (χ3v) is 4.85. The molecule has 0 radical (unpaired) electrons. The molecule has 6 nitrogen and oxygen atoms in total. The van der Waals surface area contributed by atoms with Crippen LogP contribution in [0.2, 0.25) is 0 Å². The van der Waals surface area contributed by atoms with Crippen LogP contribution in [0.25, 0.3) is 0 Å². The molecule has 1 aromatic carbocycles. The van der Waals surface area contributed by atoms with Gasteiger partial charge in [0.1, 0.15) is 11.9 Å². The van der Waals surface area contributed by atoms with Gasteiger partial charge in [0.15, 0.2) is 0 Å². The Balaban J connectivity index is 1.44. The van der Waals surface area contributed by atoms with E-state index >= 15 is 0 Å². The third kappa shape index (κ3) is 2.39. The number of carbonyl (C=O) groups excluding carboxylic acids is 2. The molecule has 1 unspecified atom stereocenters. The second-order valence-electron chi connectivity index (χ2n) is 6.43. The van der Waals surface area contributed by atoms with E-state index in [1.54, 1.807) is 17.0 Å². The molecule has 0 bridgehead atoms. The average molecular weight is 326 g/mol. The molecular weight excluding hydrogens is 308 g/mol. The lowest BCUT2D eigenvalue weighted by atomic mass is 9.99. The predicted octanol–water partition coefficient (Wildman–Crippen LogP) is 1.51. The van der Waals surface area contributed by atoms with Crippen LogP contribution in [-0.2, 0) is 15.0 Å². The Hall–Kier alpha value is -2.60. The zero-order valence-corrected chi connectivity index (χ0v) is 13.1. The Morgan fingerprint density at radius 2 is 2.04 bits per heavy atom. The van der Waals surface area contributed by atoms with Crippen LogP contribution in [-0.4, -0.2) is 30.0 Å². The highest BCUT2D eigenvalue weighted by Crippen LogP contribution is 2.56. The second kappa shape index (κ2) is 5.49. The van der Waals surface area contributed by atoms with Gasteiger partial charge in [-0.2, -0.15) is 0 Å². The Morgan fingerprint density at radius 3 is 2.75 bits per heavy atom. The summed E-state index contributed by atoms with van der Waals surface area (Å²) >= 11 is 0. The number of nitrogens with one attached hydrogen (secondary N) is 1. The number of furan rings is 1. The molecule has 1 atom stereocenters. The van der Waals surface area contributed by atoms with Crippen molar-refractivity contribution in [3.05, 3.63) is 54.0 Å². The molecule has 2 heterocycles. The van der Waals surface area contributed by atoms with Crippen LogP contribution in [0.1, 0.15) is 30.3 Å². The summed E-state index contributed by atoms with van der Waals surface area (Å²) in [4.78, 5) is 26.3. The van der Waals surface area contributed by atoms with E-state index in [1.807, 2.05) is 24.3 Å². The summed E-state index contributed by atoms with van der Waals surface area (Å²) in [5.41, 5.74) is 2.02. The lowest BCUT2D eigenvalue weighted by molar-refractivity contribution is -0.137. The van der Waals surface area contributed by atoms with Crippen LogP contribution in [0.3, 0.4) is 0 Å². The first-order valence-electron chi connectivity index (χ1n) is 8.01. The van der Waals surface area contributed by atoms with Gasteiger partial charge >= 0.3 is 11.8 Å². The van der Waals surface area contributed by atoms with Crippen molar-refractivity contribution >= 4 is 17.5 Å². The number of para-hydroxylation sites is 1. The first-order valence-corrected chi connectivity index (χ1v) is 8.01. The first-order chi connectivity index (χ1) is 11.6. The molecule has 2 N–H and O–H groups in total. The molecular formula is C18H18N2O4. The maximum atomic E-state index is 12.5. The smallest absolute Gasteiger partial charge is 0.316 e. The Morgan fingerprint density at radius 1 is 1.25 bits per heavy atom. The molecule has 1 saturated carbocycles. The van der Waals surface area contributed by atoms with Gasteiger partial charge in [-0.25, -0.2) is 0 Å². The topological polar surface area (TPSA) is 82.8 Å². The normalized spacial score (nSPS) is 18.3. The van der Waals surface area contributed by atoms with E-state index in [1.165, 1.54) is 6.26 Å². The molecule has 4 rings (SSSR count). The van der Waals surface area contributed by atoms with Crippen LogP contribution < -0.4 is 10.2 Å². The lowest BCUT2D eigenvalue weighted by Crippen LogP contribution is -2.44. The molecule has 1 aliphatic carbocycles. The number of fused-ring (bicyclic) bond motifs is 2. The Labute approximate surface area is 139 Å². The zero-order chi connectivity index (χ0) is 16.7. The SMILES string of the molecule is O=C(NCC(O)c1ccco1)C(=O)N1CC2(CC2)c2ccccc21. The number of aliphatic hydroxyl groups excluding tert-OH is 1. The van der Waals surface area contributed by atoms with Gasteiger partial charge < -0.3 is 19.7 Å². The van der Waals surface area contributed by atoms with Crippen LogP contribution in [0.4, 0.5) is 5.69 Å². The van der Waals surface area contributed by atoms with Crippen molar-refractivity contribution in [3.63, 3.8) is 0 Å². The summed E-state index contributed by atoms with van der Waals surface area (Å²) < 4.78 is 5.07. The van der Waals surface area contributed by atoms with Crippen molar-refractivity contribution in [1.29, 1.82) is 0 Å². The number of hydrogen-bond acceptors (Lipinski definition) is 4. The minimum Gasteiger partial charge on any atom is -0.467 e. The number of amides is 2. The van der Waals surface area contributed by atoms with E-state index in [9.17, 15) is 14.7 Å². The van der Waals surface area contributed by atoms with Gasteiger partial charge in [0.25, 0.3) is 0 Å². The monoisotopic (exact) mass is 326 g/mol. The summed E-state index contributed by atoms with van der Waals surface area (Å²) in [5, 5.41) is 12.4. The number of rotatable bonds is 3. The fraction of sp³-hybridized carbons (Fsp3) is 0.333. The Bertz CT molecular complexity index is 780. The fourth-order valence-electron chi connectivity index (χ4n) is 3.36. The van der Waals surface area contributed by atoms with Gasteiger partial charge in [0.05, 0.1) is 12.8 Å². The fourth-order valence-corrected chi connectivity index (χ4v) is 3.36. The molecule has 1 aromatic heterocycles. The summed E-state index contributed by atoms with van der Waals surface area (Å²) in [5.74, 6) is -0.947. The molecule has 1 aliphatic heterocycles. The number of aliphatic hydroxyl groups is 1. The van der Waals surface area contributed by atoms with Crippen molar-refractivity contribution < 1.29 is 19.1 Å². The van der Waals surface area contributed by atoms with Crippen LogP contribution in [0.15, 0.2) is 47.1 Å². The molecule has 2 amide bonds. The largest absolute Gasteiger partial charge is 0.467 e. The summed E-state index contributed by atoms with van der Waals surface area (Å²) in [6, 6.07) is 11.0. The highest BCUT2D eigenvalue weighted by molar-refractivity contribution is 6.40. The van der Waals surface area contributed by atoms with Gasteiger partial charge in [-0.15, -0.1) is 0 Å². The number of hydrogen-bond donors (Lipinski definition) is 2. The molecule has 6 heteroatoms. The minimum absolute atomic E-state index is 0.0419. The van der Waals surface area contributed by atoms with Crippen molar-refractivity contribution in [2.24, 2.45) is 0 Å². The van der Waals surface area contributed by atoms with E-state index in [0.29, 0.717) is 12.3 Å². The van der Waals surface area contributed by atoms with Gasteiger partial charge in [-0.1, -0.05) is 18.2 Å². The van der Waals surface area contributed by atoms with E-state index in [-0.39, 0.29) is 12.0 Å². The maximum absolute atomic E-state index is 12.5. The molecule has 0 saturated heterocycles. The third-order valence-electron chi connectivity index (χ3n) is 4.85. The number of anilines is 1. The van der Waals surface area contributed by atoms with Gasteiger partial charge in [0, 0.05) is 17.6 Å². The van der Waals surface area contributed by atoms with Crippen LogP contribution in [0, 0.1) is 0 Å². The van der Waals surface area contributed by atoms with E-state index in [0.717, 1.165) is 24.1 Å². The predicted molar refractivity (Wildman–Crippen MR) is 86.4 cm³/mol. The second-order valence-corrected chi connectivity index (χ2v) is 6.43. The zero-order valence-electron chi connectivity index (χ0n) is 13.1. The highest BCUT2D eigenvalue weighted by atomic mass is 16.4. The summed E-state index contributed by atoms with van der Waals surface area (Å²) in [6.07, 6.45) is 2.57. The molecule has 1 spiro atoms. The molecule has 24 heavy (non-hydrogen) atoms. The number of nitrogens with zero attached hydrogens (tertiary/aromatic N) is 1. The highest BCUT2D eigenvalue weighted by Gasteiger charge is 2.53. The quantitative estimate of drug-likeness (QED) is 0.838. The van der Waals surface area contributed by atoms with Gasteiger partial charge in [0.2, 0.25) is 0 Å². The lowest BCUT2D eigenvalue weighted by Gasteiger charge is -2.17. The molecule has 2 aromatic rings. The van der Waals surface area contributed by atoms with Crippen molar-refractivity contribution in [2.75, 3.05) is 18.0 Å². The van der Waals surface area contributed by atoms with E-state index < -0.39 is 17.9 Å². The minimum atomic E-state index is -0.975. The Kier molecular flexibility index (Phi) is 3.42. The van der Waals surface area contributed by atoms with E-state index in [2.05, 4.69) is 5.32 Å². The summed E-state index contributed by atoms with van der Waals surface area (Å²) in [7, 11) is 0. The van der Waals surface area contributed by atoms with Crippen LogP contribution >= 0.6 is 0 Å². The molecule has 124 valence electrons. The number of carbonyl (C=O) groups is 2. The average Bonchev–Trinajstić information content (AvgIpc) is 3.05. The first kappa shape index (κ1) is 15.0. The standard InChI is InChI=1S/C18H18N2O4/c21-14(15-6-3-9-24-15)10-19-16(22)17(23)20-11-18(7-8-18)12-4-1-2-5-13(12)20/h1-6,9,14,21H,7-8,10-11H2,(H,19,22). The summed E-state index contributed by atoms with van der Waals surface area (Å²) in [6.45, 7) is 0.484. The molecule has 1 fully saturated rings. The maximum Gasteiger partial charge on any atom is 0.316 e.